The molecule has 2 bridgehead atoms. The molecule has 1 aromatic carbocycles. The highest BCUT2D eigenvalue weighted by molar-refractivity contribution is 7.89. The molecule has 1 aromatic heterocycles. The predicted octanol–water partition coefficient (Wildman–Crippen LogP) is 0.952. The van der Waals surface area contributed by atoms with Gasteiger partial charge in [-0.2, -0.15) is 0 Å². The normalized spacial score (nSPS) is 25.2. The summed E-state index contributed by atoms with van der Waals surface area (Å²) in [5.74, 6) is 1.82. The summed E-state index contributed by atoms with van der Waals surface area (Å²) in [4.78, 5) is 24.4. The molecule has 2 aliphatic rings. The third kappa shape index (κ3) is 2.72. The number of nitrogens with zero attached hydrogens (tertiary/aromatic N) is 2. The molecule has 1 N–H and O–H groups in total. The highest BCUT2D eigenvalue weighted by atomic mass is 32.2. The zero-order valence-electron chi connectivity index (χ0n) is 14.9. The van der Waals surface area contributed by atoms with Crippen LogP contribution >= 0.6 is 0 Å². The highest BCUT2D eigenvalue weighted by Crippen LogP contribution is 2.48. The van der Waals surface area contributed by atoms with E-state index in [1.165, 1.54) is 49.1 Å². The van der Waals surface area contributed by atoms with Gasteiger partial charge >= 0.3 is 5.69 Å². The van der Waals surface area contributed by atoms with Gasteiger partial charge < -0.3 is 0 Å². The lowest BCUT2D eigenvalue weighted by Gasteiger charge is -2.21. The third-order valence-electron chi connectivity index (χ3n) is 6.17. The molecule has 3 atom stereocenters. The summed E-state index contributed by atoms with van der Waals surface area (Å²) in [6, 6.07) is 4.33. The van der Waals surface area contributed by atoms with Gasteiger partial charge in [-0.1, -0.05) is 6.42 Å². The maximum Gasteiger partial charge on any atom is 0.330 e. The summed E-state index contributed by atoms with van der Waals surface area (Å²) < 4.78 is 30.4. The van der Waals surface area contributed by atoms with Gasteiger partial charge in [-0.05, 0) is 55.2 Å². The van der Waals surface area contributed by atoms with E-state index >= 15 is 0 Å². The average molecular weight is 377 g/mol. The molecule has 2 aromatic rings. The van der Waals surface area contributed by atoms with E-state index in [4.69, 9.17) is 0 Å². The lowest BCUT2D eigenvalue weighted by atomic mass is 9.89. The van der Waals surface area contributed by atoms with Gasteiger partial charge in [-0.3, -0.25) is 13.9 Å². The third-order valence-corrected chi connectivity index (χ3v) is 7.59. The second-order valence-corrected chi connectivity index (χ2v) is 9.44. The number of benzene rings is 1. The standard InChI is InChI=1S/C18H23N3O4S/c1-20-16-6-5-14(9-15(16)17(22)21(2)18(20)23)26(24,25)19-10-13-8-11-3-4-12(13)7-11/h5-6,9,11-13,19H,3-4,7-8,10H2,1-2H3/t11-,12-,13+/m1/s1. The van der Waals surface area contributed by atoms with Crippen LogP contribution in [-0.4, -0.2) is 24.1 Å². The van der Waals surface area contributed by atoms with Gasteiger partial charge in [0.25, 0.3) is 5.56 Å². The Morgan fingerprint density at radius 3 is 2.54 bits per heavy atom. The fourth-order valence-electron chi connectivity index (χ4n) is 4.67. The Balaban J connectivity index is 1.65. The lowest BCUT2D eigenvalue weighted by Crippen LogP contribution is -2.37. The van der Waals surface area contributed by atoms with Gasteiger partial charge in [0.15, 0.2) is 0 Å². The number of hydrogen-bond donors (Lipinski definition) is 1. The van der Waals surface area contributed by atoms with E-state index in [1.54, 1.807) is 7.05 Å². The van der Waals surface area contributed by atoms with E-state index in [2.05, 4.69) is 4.72 Å². The molecular weight excluding hydrogens is 354 g/mol. The molecule has 8 heteroatoms. The number of aryl methyl sites for hydroxylation is 1. The number of nitrogens with one attached hydrogen (secondary N) is 1. The second kappa shape index (κ2) is 6.06. The van der Waals surface area contributed by atoms with E-state index < -0.39 is 21.3 Å². The smallest absolute Gasteiger partial charge is 0.296 e. The van der Waals surface area contributed by atoms with Crippen molar-refractivity contribution in [2.75, 3.05) is 6.54 Å². The number of rotatable bonds is 4. The highest BCUT2D eigenvalue weighted by Gasteiger charge is 2.39. The molecule has 140 valence electrons. The van der Waals surface area contributed by atoms with Crippen LogP contribution in [-0.2, 0) is 24.1 Å². The van der Waals surface area contributed by atoms with Crippen LogP contribution in [0.3, 0.4) is 0 Å². The molecule has 0 spiro atoms. The minimum absolute atomic E-state index is 0.0592. The summed E-state index contributed by atoms with van der Waals surface area (Å²) in [7, 11) is -0.745. The summed E-state index contributed by atoms with van der Waals surface area (Å²) >= 11 is 0. The van der Waals surface area contributed by atoms with Crippen molar-refractivity contribution in [1.29, 1.82) is 0 Å². The van der Waals surface area contributed by atoms with Gasteiger partial charge in [0.05, 0.1) is 15.8 Å². The molecule has 0 saturated heterocycles. The summed E-state index contributed by atoms with van der Waals surface area (Å²) in [6.45, 7) is 0.451. The fraction of sp³-hybridized carbons (Fsp3) is 0.556. The van der Waals surface area contributed by atoms with Crippen LogP contribution < -0.4 is 16.0 Å². The van der Waals surface area contributed by atoms with Gasteiger partial charge in [0.2, 0.25) is 10.0 Å². The number of sulfonamides is 1. The fourth-order valence-corrected chi connectivity index (χ4v) is 5.79. The number of aromatic nitrogens is 2. The molecule has 26 heavy (non-hydrogen) atoms. The van der Waals surface area contributed by atoms with Crippen molar-refractivity contribution in [3.8, 4) is 0 Å². The van der Waals surface area contributed by atoms with Crippen molar-refractivity contribution in [2.45, 2.75) is 30.6 Å². The monoisotopic (exact) mass is 377 g/mol. The average Bonchev–Trinajstić information content (AvgIpc) is 3.25. The van der Waals surface area contributed by atoms with Gasteiger partial charge in [0.1, 0.15) is 0 Å². The quantitative estimate of drug-likeness (QED) is 0.859. The van der Waals surface area contributed by atoms with Gasteiger partial charge in [0, 0.05) is 20.6 Å². The number of fused-ring (bicyclic) bond motifs is 3. The van der Waals surface area contributed by atoms with Crippen LogP contribution in [0.25, 0.3) is 10.9 Å². The van der Waals surface area contributed by atoms with Crippen LogP contribution in [0.5, 0.6) is 0 Å². The predicted molar refractivity (Wildman–Crippen MR) is 98.6 cm³/mol. The molecule has 0 aliphatic heterocycles. The van der Waals surface area contributed by atoms with Crippen molar-refractivity contribution in [3.05, 3.63) is 39.0 Å². The first-order valence-corrected chi connectivity index (χ1v) is 10.5. The maximum absolute atomic E-state index is 12.7. The van der Waals surface area contributed by atoms with E-state index in [0.717, 1.165) is 16.9 Å². The van der Waals surface area contributed by atoms with Crippen molar-refractivity contribution in [1.82, 2.24) is 13.9 Å². The molecule has 7 nitrogen and oxygen atoms in total. The van der Waals surface area contributed by atoms with Crippen molar-refractivity contribution >= 4 is 20.9 Å². The topological polar surface area (TPSA) is 90.2 Å². The molecule has 0 unspecified atom stereocenters. The van der Waals surface area contributed by atoms with E-state index in [0.29, 0.717) is 23.9 Å². The van der Waals surface area contributed by atoms with Crippen LogP contribution in [0.2, 0.25) is 0 Å². The summed E-state index contributed by atoms with van der Waals surface area (Å²) in [5.41, 5.74) is -0.508. The SMILES string of the molecule is Cn1c(=O)c2cc(S(=O)(=O)NC[C@@H]3C[C@@H]4CC[C@@H]3C4)ccc2n(C)c1=O. The molecular formula is C18H23N3O4S. The molecule has 0 amide bonds. The Bertz CT molecular complexity index is 1100. The lowest BCUT2D eigenvalue weighted by molar-refractivity contribution is 0.333. The van der Waals surface area contributed by atoms with Crippen molar-refractivity contribution in [3.63, 3.8) is 0 Å². The summed E-state index contributed by atoms with van der Waals surface area (Å²) in [5, 5.41) is 0.220. The van der Waals surface area contributed by atoms with Gasteiger partial charge in [-0.25, -0.2) is 17.9 Å². The Hall–Kier alpha value is -1.93. The minimum atomic E-state index is -3.69. The molecule has 1 heterocycles. The molecule has 2 aliphatic carbocycles. The first-order valence-electron chi connectivity index (χ1n) is 8.97. The Kier molecular flexibility index (Phi) is 4.07. The molecule has 0 radical (unpaired) electrons. The van der Waals surface area contributed by atoms with E-state index in [9.17, 15) is 18.0 Å². The van der Waals surface area contributed by atoms with E-state index in [-0.39, 0.29) is 10.3 Å². The van der Waals surface area contributed by atoms with E-state index in [1.807, 2.05) is 0 Å². The Morgan fingerprint density at radius 1 is 1.12 bits per heavy atom. The first kappa shape index (κ1) is 17.5. The first-order chi connectivity index (χ1) is 12.3. The maximum atomic E-state index is 12.7. The minimum Gasteiger partial charge on any atom is -0.296 e. The van der Waals surface area contributed by atoms with Crippen molar-refractivity contribution < 1.29 is 8.42 Å². The summed E-state index contributed by atoms with van der Waals surface area (Å²) in [6.07, 6.45) is 4.82. The van der Waals surface area contributed by atoms with Crippen LogP contribution in [0.15, 0.2) is 32.7 Å². The molecule has 2 saturated carbocycles. The zero-order chi connectivity index (χ0) is 18.6. The zero-order valence-corrected chi connectivity index (χ0v) is 15.8. The Labute approximate surface area is 151 Å². The van der Waals surface area contributed by atoms with Gasteiger partial charge in [-0.15, -0.1) is 0 Å². The molecule has 2 fully saturated rings. The molecule has 4 rings (SSSR count). The van der Waals surface area contributed by atoms with Crippen molar-refractivity contribution in [2.24, 2.45) is 31.8 Å². The largest absolute Gasteiger partial charge is 0.330 e. The van der Waals surface area contributed by atoms with Crippen LogP contribution in [0.1, 0.15) is 25.7 Å². The number of hydrogen-bond acceptors (Lipinski definition) is 4. The van der Waals surface area contributed by atoms with Crippen LogP contribution in [0, 0.1) is 17.8 Å². The van der Waals surface area contributed by atoms with Crippen LogP contribution in [0.4, 0.5) is 0 Å². The second-order valence-electron chi connectivity index (χ2n) is 7.67. The Morgan fingerprint density at radius 2 is 1.88 bits per heavy atom.